The highest BCUT2D eigenvalue weighted by Gasteiger charge is 2.16. The van der Waals surface area contributed by atoms with Crippen molar-refractivity contribution in [3.05, 3.63) is 23.7 Å². The molecule has 106 valence electrons. The third-order valence-corrected chi connectivity index (χ3v) is 3.73. The van der Waals surface area contributed by atoms with Crippen molar-refractivity contribution in [2.24, 2.45) is 0 Å². The molecule has 1 aromatic rings. The third-order valence-electron chi connectivity index (χ3n) is 3.73. The lowest BCUT2D eigenvalue weighted by Gasteiger charge is -2.24. The molecular weight excluding hydrogens is 240 g/mol. The summed E-state index contributed by atoms with van der Waals surface area (Å²) in [6, 6.07) is 4.39. The predicted octanol–water partition coefficient (Wildman–Crippen LogP) is 2.47. The normalized spacial score (nSPS) is 19.4. The van der Waals surface area contributed by atoms with Crippen LogP contribution in [0.25, 0.3) is 0 Å². The fourth-order valence-corrected chi connectivity index (χ4v) is 2.55. The van der Waals surface area contributed by atoms with Gasteiger partial charge in [-0.3, -0.25) is 4.79 Å². The van der Waals surface area contributed by atoms with Gasteiger partial charge in [0.2, 0.25) is 5.91 Å². The molecule has 1 aromatic heterocycles. The van der Waals surface area contributed by atoms with Crippen molar-refractivity contribution in [1.82, 2.24) is 10.2 Å². The average Bonchev–Trinajstić information content (AvgIpc) is 2.82. The fourth-order valence-electron chi connectivity index (χ4n) is 2.55. The van der Waals surface area contributed by atoms with Gasteiger partial charge in [-0.25, -0.2) is 0 Å². The first-order valence-electron chi connectivity index (χ1n) is 7.18. The minimum atomic E-state index is 0.196. The highest BCUT2D eigenvalue weighted by Crippen LogP contribution is 2.14. The third kappa shape index (κ3) is 4.39. The first-order chi connectivity index (χ1) is 9.15. The molecule has 0 bridgehead atoms. The van der Waals surface area contributed by atoms with Crippen molar-refractivity contribution in [2.45, 2.75) is 51.6 Å². The standard InChI is InChI=1S/C15H24N2O2/c1-12-6-8-14(19-12)11-17(2)15(18)9-7-13-5-3-4-10-16-13/h6,8,13,16H,3-5,7,9-11H2,1-2H3. The molecule has 2 heterocycles. The zero-order valence-corrected chi connectivity index (χ0v) is 11.9. The average molecular weight is 264 g/mol. The van der Waals surface area contributed by atoms with Gasteiger partial charge in [0.15, 0.2) is 0 Å². The number of carbonyl (C=O) groups is 1. The van der Waals surface area contributed by atoms with Crippen LogP contribution >= 0.6 is 0 Å². The summed E-state index contributed by atoms with van der Waals surface area (Å²) in [7, 11) is 1.84. The summed E-state index contributed by atoms with van der Waals surface area (Å²) >= 11 is 0. The first kappa shape index (κ1) is 14.1. The van der Waals surface area contributed by atoms with Crippen molar-refractivity contribution in [2.75, 3.05) is 13.6 Å². The van der Waals surface area contributed by atoms with E-state index in [9.17, 15) is 4.79 Å². The molecule has 4 nitrogen and oxygen atoms in total. The molecule has 1 aliphatic rings. The van der Waals surface area contributed by atoms with E-state index in [-0.39, 0.29) is 5.91 Å². The van der Waals surface area contributed by atoms with Gasteiger partial charge < -0.3 is 14.6 Å². The number of rotatable bonds is 5. The van der Waals surface area contributed by atoms with Crippen molar-refractivity contribution in [3.8, 4) is 0 Å². The molecule has 1 aliphatic heterocycles. The number of hydrogen-bond donors (Lipinski definition) is 1. The Morgan fingerprint density at radius 1 is 1.47 bits per heavy atom. The zero-order valence-electron chi connectivity index (χ0n) is 11.9. The second-order valence-electron chi connectivity index (χ2n) is 5.45. The van der Waals surface area contributed by atoms with Crippen LogP contribution in [-0.2, 0) is 11.3 Å². The second-order valence-corrected chi connectivity index (χ2v) is 5.45. The van der Waals surface area contributed by atoms with E-state index in [0.717, 1.165) is 24.5 Å². The number of nitrogens with zero attached hydrogens (tertiary/aromatic N) is 1. The number of amides is 1. The molecule has 0 spiro atoms. The molecule has 0 saturated carbocycles. The number of furan rings is 1. The van der Waals surface area contributed by atoms with Gasteiger partial charge in [-0.15, -0.1) is 0 Å². The Hall–Kier alpha value is -1.29. The van der Waals surface area contributed by atoms with Crippen LogP contribution in [0.15, 0.2) is 16.5 Å². The summed E-state index contributed by atoms with van der Waals surface area (Å²) in [5.74, 6) is 1.94. The van der Waals surface area contributed by atoms with E-state index in [2.05, 4.69) is 5.32 Å². The largest absolute Gasteiger partial charge is 0.464 e. The molecule has 1 saturated heterocycles. The van der Waals surface area contributed by atoms with Gasteiger partial charge in [-0.1, -0.05) is 6.42 Å². The molecule has 2 rings (SSSR count). The lowest BCUT2D eigenvalue weighted by Crippen LogP contribution is -2.35. The van der Waals surface area contributed by atoms with Gasteiger partial charge in [0.1, 0.15) is 11.5 Å². The van der Waals surface area contributed by atoms with Gasteiger partial charge in [-0.05, 0) is 44.9 Å². The SMILES string of the molecule is Cc1ccc(CN(C)C(=O)CCC2CCCCN2)o1. The van der Waals surface area contributed by atoms with E-state index in [4.69, 9.17) is 4.42 Å². The smallest absolute Gasteiger partial charge is 0.222 e. The van der Waals surface area contributed by atoms with E-state index in [1.165, 1.54) is 19.3 Å². The molecule has 19 heavy (non-hydrogen) atoms. The van der Waals surface area contributed by atoms with Gasteiger partial charge in [0, 0.05) is 19.5 Å². The quantitative estimate of drug-likeness (QED) is 0.888. The Labute approximate surface area is 115 Å². The van der Waals surface area contributed by atoms with Gasteiger partial charge in [0.05, 0.1) is 6.54 Å². The summed E-state index contributed by atoms with van der Waals surface area (Å²) in [6.45, 7) is 3.57. The molecule has 1 atom stereocenters. The minimum Gasteiger partial charge on any atom is -0.464 e. The van der Waals surface area contributed by atoms with E-state index in [0.29, 0.717) is 19.0 Å². The van der Waals surface area contributed by atoms with Crippen LogP contribution in [0.4, 0.5) is 0 Å². The molecule has 4 heteroatoms. The second kappa shape index (κ2) is 6.75. The van der Waals surface area contributed by atoms with Crippen LogP contribution < -0.4 is 5.32 Å². The molecule has 1 amide bonds. The number of hydrogen-bond acceptors (Lipinski definition) is 3. The van der Waals surface area contributed by atoms with E-state index >= 15 is 0 Å². The lowest BCUT2D eigenvalue weighted by molar-refractivity contribution is -0.130. The van der Waals surface area contributed by atoms with Gasteiger partial charge in [0.25, 0.3) is 0 Å². The maximum absolute atomic E-state index is 12.1. The monoisotopic (exact) mass is 264 g/mol. The Morgan fingerprint density at radius 3 is 2.95 bits per heavy atom. The maximum atomic E-state index is 12.1. The van der Waals surface area contributed by atoms with Crippen LogP contribution in [0.1, 0.15) is 43.6 Å². The molecule has 1 unspecified atom stereocenters. The molecule has 1 N–H and O–H groups in total. The molecule has 0 aromatic carbocycles. The van der Waals surface area contributed by atoms with Crippen LogP contribution in [0.5, 0.6) is 0 Å². The lowest BCUT2D eigenvalue weighted by atomic mass is 10.0. The van der Waals surface area contributed by atoms with Crippen LogP contribution in [0.3, 0.4) is 0 Å². The molecular formula is C15H24N2O2. The first-order valence-corrected chi connectivity index (χ1v) is 7.18. The number of piperidine rings is 1. The van der Waals surface area contributed by atoms with Crippen LogP contribution in [-0.4, -0.2) is 30.4 Å². The Balaban J connectivity index is 1.72. The van der Waals surface area contributed by atoms with E-state index in [1.807, 2.05) is 26.1 Å². The van der Waals surface area contributed by atoms with Crippen molar-refractivity contribution >= 4 is 5.91 Å². The van der Waals surface area contributed by atoms with Gasteiger partial charge in [-0.2, -0.15) is 0 Å². The van der Waals surface area contributed by atoms with Crippen LogP contribution in [0, 0.1) is 6.92 Å². The summed E-state index contributed by atoms with van der Waals surface area (Å²) in [5.41, 5.74) is 0. The summed E-state index contributed by atoms with van der Waals surface area (Å²) in [5, 5.41) is 3.48. The summed E-state index contributed by atoms with van der Waals surface area (Å²) in [4.78, 5) is 13.8. The highest BCUT2D eigenvalue weighted by molar-refractivity contribution is 5.75. The molecule has 0 radical (unpaired) electrons. The number of aryl methyl sites for hydroxylation is 1. The van der Waals surface area contributed by atoms with E-state index < -0.39 is 0 Å². The summed E-state index contributed by atoms with van der Waals surface area (Å²) < 4.78 is 5.49. The zero-order chi connectivity index (χ0) is 13.7. The number of carbonyl (C=O) groups excluding carboxylic acids is 1. The Bertz CT molecular complexity index is 408. The number of nitrogens with one attached hydrogen (secondary N) is 1. The molecule has 0 aliphatic carbocycles. The van der Waals surface area contributed by atoms with Gasteiger partial charge >= 0.3 is 0 Å². The van der Waals surface area contributed by atoms with Crippen molar-refractivity contribution in [3.63, 3.8) is 0 Å². The Kier molecular flexibility index (Phi) is 5.02. The van der Waals surface area contributed by atoms with Crippen LogP contribution in [0.2, 0.25) is 0 Å². The van der Waals surface area contributed by atoms with Crippen molar-refractivity contribution < 1.29 is 9.21 Å². The minimum absolute atomic E-state index is 0.196. The summed E-state index contributed by atoms with van der Waals surface area (Å²) in [6.07, 6.45) is 5.32. The predicted molar refractivity (Wildman–Crippen MR) is 74.8 cm³/mol. The maximum Gasteiger partial charge on any atom is 0.222 e. The highest BCUT2D eigenvalue weighted by atomic mass is 16.3. The topological polar surface area (TPSA) is 45.5 Å². The van der Waals surface area contributed by atoms with Crippen molar-refractivity contribution in [1.29, 1.82) is 0 Å². The Morgan fingerprint density at radius 2 is 2.32 bits per heavy atom. The van der Waals surface area contributed by atoms with E-state index in [1.54, 1.807) is 4.90 Å². The molecule has 1 fully saturated rings. The fraction of sp³-hybridized carbons (Fsp3) is 0.667.